The Balaban J connectivity index is 1.35. The first-order valence-corrected chi connectivity index (χ1v) is 11.6. The van der Waals surface area contributed by atoms with Gasteiger partial charge in [0.15, 0.2) is 0 Å². The minimum atomic E-state index is -0.396. The van der Waals surface area contributed by atoms with Crippen molar-refractivity contribution in [2.24, 2.45) is 18.9 Å². The number of ether oxygens (including phenoxy) is 2. The van der Waals surface area contributed by atoms with Gasteiger partial charge in [-0.05, 0) is 61.9 Å². The van der Waals surface area contributed by atoms with Gasteiger partial charge in [0.25, 0.3) is 0 Å². The Kier molecular flexibility index (Phi) is 6.88. The number of pyridine rings is 1. The van der Waals surface area contributed by atoms with Crippen molar-refractivity contribution in [2.45, 2.75) is 19.8 Å². The molecule has 0 aliphatic heterocycles. The number of nitrogens with zero attached hydrogens (tertiary/aromatic N) is 3. The van der Waals surface area contributed by atoms with Crippen molar-refractivity contribution in [2.75, 3.05) is 31.3 Å². The van der Waals surface area contributed by atoms with Crippen LogP contribution >= 0.6 is 15.9 Å². The number of carbonyl (C=O) groups is 1. The molecule has 0 spiro atoms. The molecule has 0 bridgehead atoms. The summed E-state index contributed by atoms with van der Waals surface area (Å²) >= 11 is 3.48. The number of nitrogen functional groups attached to an aromatic ring is 1. The maximum Gasteiger partial charge on any atom is 0.337 e. The van der Waals surface area contributed by atoms with Gasteiger partial charge in [-0.3, -0.25) is 4.98 Å². The molecule has 33 heavy (non-hydrogen) atoms. The highest BCUT2D eigenvalue weighted by molar-refractivity contribution is 9.10. The average molecular weight is 514 g/mol. The normalized spacial score (nSPS) is 17.3. The van der Waals surface area contributed by atoms with Gasteiger partial charge in [0.05, 0.1) is 48.1 Å². The van der Waals surface area contributed by atoms with E-state index in [2.05, 4.69) is 31.3 Å². The molecule has 4 rings (SSSR count). The summed E-state index contributed by atoms with van der Waals surface area (Å²) < 4.78 is 13.7. The van der Waals surface area contributed by atoms with Gasteiger partial charge in [0.2, 0.25) is 5.88 Å². The average Bonchev–Trinajstić information content (AvgIpc) is 3.13. The second-order valence-electron chi connectivity index (χ2n) is 8.49. The van der Waals surface area contributed by atoms with Crippen molar-refractivity contribution in [1.29, 1.82) is 0 Å². The third-order valence-corrected chi connectivity index (χ3v) is 6.41. The van der Waals surface area contributed by atoms with Crippen LogP contribution in [0.4, 0.5) is 11.4 Å². The molecule has 0 saturated heterocycles. The van der Waals surface area contributed by atoms with Gasteiger partial charge in [0, 0.05) is 23.8 Å². The lowest BCUT2D eigenvalue weighted by molar-refractivity contribution is 0.0600. The number of halogens is 1. The van der Waals surface area contributed by atoms with E-state index in [1.54, 1.807) is 23.0 Å². The second kappa shape index (κ2) is 9.82. The van der Waals surface area contributed by atoms with Crippen molar-refractivity contribution in [1.82, 2.24) is 14.8 Å². The molecule has 1 saturated carbocycles. The summed E-state index contributed by atoms with van der Waals surface area (Å²) in [5, 5.41) is 7.80. The van der Waals surface area contributed by atoms with E-state index < -0.39 is 5.97 Å². The SMILES string of the molecule is COC(=O)c1cc(C)nc(-c2cnn(C)c2OCC2CC(CNc3cc(Br)ccc3N)C2)c1. The van der Waals surface area contributed by atoms with Gasteiger partial charge in [-0.15, -0.1) is 0 Å². The van der Waals surface area contributed by atoms with Crippen LogP contribution in [0.15, 0.2) is 41.0 Å². The number of aromatic nitrogens is 3. The van der Waals surface area contributed by atoms with Crippen molar-refractivity contribution in [3.05, 3.63) is 52.3 Å². The number of aryl methyl sites for hydroxylation is 2. The van der Waals surface area contributed by atoms with Gasteiger partial charge < -0.3 is 20.5 Å². The molecule has 2 heterocycles. The fourth-order valence-electron chi connectivity index (χ4n) is 4.12. The number of benzene rings is 1. The highest BCUT2D eigenvalue weighted by atomic mass is 79.9. The highest BCUT2D eigenvalue weighted by Gasteiger charge is 2.30. The maximum absolute atomic E-state index is 12.0. The molecule has 3 N–H and O–H groups in total. The molecular formula is C24H28BrN5O3. The largest absolute Gasteiger partial charge is 0.477 e. The van der Waals surface area contributed by atoms with Crippen LogP contribution in [0.5, 0.6) is 5.88 Å². The Morgan fingerprint density at radius 1 is 1.27 bits per heavy atom. The molecule has 3 aromatic rings. The first-order chi connectivity index (χ1) is 15.8. The van der Waals surface area contributed by atoms with Crippen molar-refractivity contribution >= 4 is 33.3 Å². The van der Waals surface area contributed by atoms with E-state index in [1.165, 1.54) is 7.11 Å². The summed E-state index contributed by atoms with van der Waals surface area (Å²) in [6.45, 7) is 3.34. The molecule has 0 amide bonds. The molecule has 0 atom stereocenters. The van der Waals surface area contributed by atoms with Gasteiger partial charge in [-0.1, -0.05) is 15.9 Å². The zero-order valence-electron chi connectivity index (χ0n) is 19.0. The van der Waals surface area contributed by atoms with E-state index in [0.717, 1.165) is 46.5 Å². The molecule has 2 aromatic heterocycles. The van der Waals surface area contributed by atoms with E-state index in [1.807, 2.05) is 32.2 Å². The van der Waals surface area contributed by atoms with Crippen molar-refractivity contribution in [3.63, 3.8) is 0 Å². The number of methoxy groups -OCH3 is 1. The minimum absolute atomic E-state index is 0.396. The van der Waals surface area contributed by atoms with Crippen LogP contribution < -0.4 is 15.8 Å². The van der Waals surface area contributed by atoms with Crippen LogP contribution in [0.1, 0.15) is 28.9 Å². The number of carbonyl (C=O) groups excluding carboxylic acids is 1. The van der Waals surface area contributed by atoms with E-state index in [4.69, 9.17) is 15.2 Å². The lowest BCUT2D eigenvalue weighted by Crippen LogP contribution is -2.33. The summed E-state index contributed by atoms with van der Waals surface area (Å²) in [5.74, 6) is 1.32. The fraction of sp³-hybridized carbons (Fsp3) is 0.375. The van der Waals surface area contributed by atoms with Crippen LogP contribution in [0, 0.1) is 18.8 Å². The molecule has 1 aliphatic carbocycles. The van der Waals surface area contributed by atoms with Crippen LogP contribution in [-0.2, 0) is 11.8 Å². The molecule has 174 valence electrons. The first kappa shape index (κ1) is 23.1. The van der Waals surface area contributed by atoms with Crippen LogP contribution in [-0.4, -0.2) is 41.0 Å². The van der Waals surface area contributed by atoms with Crippen LogP contribution in [0.3, 0.4) is 0 Å². The molecule has 1 fully saturated rings. The topological polar surface area (TPSA) is 104 Å². The van der Waals surface area contributed by atoms with E-state index in [9.17, 15) is 4.79 Å². The van der Waals surface area contributed by atoms with Gasteiger partial charge in [0.1, 0.15) is 0 Å². The van der Waals surface area contributed by atoms with E-state index in [0.29, 0.717) is 35.6 Å². The third kappa shape index (κ3) is 5.30. The zero-order chi connectivity index (χ0) is 23.5. The number of nitrogens with two attached hydrogens (primary N) is 1. The lowest BCUT2D eigenvalue weighted by atomic mass is 9.75. The summed E-state index contributed by atoms with van der Waals surface area (Å²) in [7, 11) is 3.21. The Morgan fingerprint density at radius 3 is 2.82 bits per heavy atom. The smallest absolute Gasteiger partial charge is 0.337 e. The van der Waals surface area contributed by atoms with Crippen molar-refractivity contribution in [3.8, 4) is 17.1 Å². The highest BCUT2D eigenvalue weighted by Crippen LogP contribution is 2.36. The van der Waals surface area contributed by atoms with E-state index in [-0.39, 0.29) is 0 Å². The maximum atomic E-state index is 12.0. The van der Waals surface area contributed by atoms with Crippen LogP contribution in [0.25, 0.3) is 11.3 Å². The predicted octanol–water partition coefficient (Wildman–Crippen LogP) is 4.44. The van der Waals surface area contributed by atoms with E-state index >= 15 is 0 Å². The molecule has 1 aromatic carbocycles. The Morgan fingerprint density at radius 2 is 2.06 bits per heavy atom. The molecule has 1 aliphatic rings. The van der Waals surface area contributed by atoms with Gasteiger partial charge >= 0.3 is 5.97 Å². The Labute approximate surface area is 201 Å². The summed E-state index contributed by atoms with van der Waals surface area (Å²) in [5.41, 5.74) is 10.3. The first-order valence-electron chi connectivity index (χ1n) is 10.8. The van der Waals surface area contributed by atoms with Crippen molar-refractivity contribution < 1.29 is 14.3 Å². The monoisotopic (exact) mass is 513 g/mol. The van der Waals surface area contributed by atoms with Crippen LogP contribution in [0.2, 0.25) is 0 Å². The quantitative estimate of drug-likeness (QED) is 0.338. The fourth-order valence-corrected chi connectivity index (χ4v) is 4.49. The zero-order valence-corrected chi connectivity index (χ0v) is 20.6. The second-order valence-corrected chi connectivity index (χ2v) is 9.40. The minimum Gasteiger partial charge on any atom is -0.477 e. The summed E-state index contributed by atoms with van der Waals surface area (Å²) in [6.07, 6.45) is 3.89. The number of rotatable bonds is 8. The number of hydrogen-bond donors (Lipinski definition) is 2. The molecule has 9 heteroatoms. The van der Waals surface area contributed by atoms with Gasteiger partial charge in [-0.25, -0.2) is 9.48 Å². The third-order valence-electron chi connectivity index (χ3n) is 5.92. The Bertz CT molecular complexity index is 1160. The number of esters is 1. The summed E-state index contributed by atoms with van der Waals surface area (Å²) in [6, 6.07) is 9.25. The molecular weight excluding hydrogens is 486 g/mol. The lowest BCUT2D eigenvalue weighted by Gasteiger charge is -2.35. The number of nitrogens with one attached hydrogen (secondary N) is 1. The number of anilines is 2. The summed E-state index contributed by atoms with van der Waals surface area (Å²) in [4.78, 5) is 16.6. The van der Waals surface area contributed by atoms with Gasteiger partial charge in [-0.2, -0.15) is 5.10 Å². The Hall–Kier alpha value is -3.07. The molecule has 0 unspecified atom stereocenters. The molecule has 8 nitrogen and oxygen atoms in total. The molecule has 0 radical (unpaired) electrons. The predicted molar refractivity (Wildman–Crippen MR) is 131 cm³/mol. The number of hydrogen-bond acceptors (Lipinski definition) is 7. The standard InChI is InChI=1S/C24H28BrN5O3/c1-14-6-17(24(31)32-3)9-21(29-14)19-12-28-30(2)23(19)33-13-16-7-15(8-16)11-27-22-10-18(25)4-5-20(22)26/h4-6,9-10,12,15-16,27H,7-8,11,13,26H2,1-3H3.